The van der Waals surface area contributed by atoms with Gasteiger partial charge in [-0.25, -0.2) is 4.79 Å². The van der Waals surface area contributed by atoms with E-state index in [-0.39, 0.29) is 0 Å². The number of rotatable bonds is 4. The fourth-order valence-electron chi connectivity index (χ4n) is 1.68. The standard InChI is InChI=1S/C16H12Cl2O3/c1-10-2-5-12(17)15(8-10)21-14-6-3-11(9-13(14)18)4-7-16(19)20/h2-9H,1H3,(H,19,20)/b7-4+. The molecule has 2 rings (SSSR count). The Labute approximate surface area is 132 Å². The molecule has 1 N–H and O–H groups in total. The predicted molar refractivity (Wildman–Crippen MR) is 84.4 cm³/mol. The van der Waals surface area contributed by atoms with Crippen LogP contribution in [0.1, 0.15) is 11.1 Å². The topological polar surface area (TPSA) is 46.5 Å². The van der Waals surface area contributed by atoms with Gasteiger partial charge in [0.15, 0.2) is 0 Å². The Hall–Kier alpha value is -1.97. The first-order chi connectivity index (χ1) is 9.95. The van der Waals surface area contributed by atoms with E-state index < -0.39 is 5.97 Å². The zero-order valence-electron chi connectivity index (χ0n) is 11.1. The molecule has 0 atom stereocenters. The third kappa shape index (κ3) is 4.25. The summed E-state index contributed by atoms with van der Waals surface area (Å²) in [5, 5.41) is 9.46. The van der Waals surface area contributed by atoms with E-state index in [0.717, 1.165) is 11.6 Å². The summed E-state index contributed by atoms with van der Waals surface area (Å²) in [6.07, 6.45) is 2.50. The summed E-state index contributed by atoms with van der Waals surface area (Å²) in [5.74, 6) is -0.0398. The van der Waals surface area contributed by atoms with Crippen LogP contribution in [0.2, 0.25) is 10.0 Å². The highest BCUT2D eigenvalue weighted by atomic mass is 35.5. The Bertz CT molecular complexity index is 709. The molecule has 0 radical (unpaired) electrons. The van der Waals surface area contributed by atoms with Crippen LogP contribution in [-0.2, 0) is 4.79 Å². The lowest BCUT2D eigenvalue weighted by Crippen LogP contribution is -1.89. The number of ether oxygens (including phenoxy) is 1. The van der Waals surface area contributed by atoms with Crippen molar-refractivity contribution < 1.29 is 14.6 Å². The van der Waals surface area contributed by atoms with Crippen molar-refractivity contribution in [3.05, 3.63) is 63.6 Å². The highest BCUT2D eigenvalue weighted by Gasteiger charge is 2.07. The van der Waals surface area contributed by atoms with Crippen molar-refractivity contribution in [2.24, 2.45) is 0 Å². The minimum Gasteiger partial charge on any atom is -0.478 e. The summed E-state index contributed by atoms with van der Waals surface area (Å²) in [4.78, 5) is 10.5. The van der Waals surface area contributed by atoms with Crippen LogP contribution in [0.25, 0.3) is 6.08 Å². The van der Waals surface area contributed by atoms with E-state index in [0.29, 0.717) is 27.1 Å². The van der Waals surface area contributed by atoms with Crippen LogP contribution in [-0.4, -0.2) is 11.1 Å². The fraction of sp³-hybridized carbons (Fsp3) is 0.0625. The third-order valence-electron chi connectivity index (χ3n) is 2.68. The highest BCUT2D eigenvalue weighted by molar-refractivity contribution is 6.33. The molecule has 3 nitrogen and oxygen atoms in total. The summed E-state index contributed by atoms with van der Waals surface area (Å²) >= 11 is 12.2. The molecular weight excluding hydrogens is 311 g/mol. The van der Waals surface area contributed by atoms with E-state index >= 15 is 0 Å². The molecule has 21 heavy (non-hydrogen) atoms. The molecule has 5 heteroatoms. The summed E-state index contributed by atoms with van der Waals surface area (Å²) in [5.41, 5.74) is 1.69. The SMILES string of the molecule is Cc1ccc(Cl)c(Oc2ccc(/C=C/C(=O)O)cc2Cl)c1. The molecule has 0 heterocycles. The van der Waals surface area contributed by atoms with Crippen LogP contribution in [0.4, 0.5) is 0 Å². The van der Waals surface area contributed by atoms with Gasteiger partial charge in [0.25, 0.3) is 0 Å². The quantitative estimate of drug-likeness (QED) is 0.787. The molecular formula is C16H12Cl2O3. The van der Waals surface area contributed by atoms with Gasteiger partial charge in [0.05, 0.1) is 10.0 Å². The normalized spacial score (nSPS) is 10.8. The minimum absolute atomic E-state index is 0.375. The monoisotopic (exact) mass is 322 g/mol. The van der Waals surface area contributed by atoms with Gasteiger partial charge in [0, 0.05) is 6.08 Å². The number of hydrogen-bond donors (Lipinski definition) is 1. The third-order valence-corrected chi connectivity index (χ3v) is 3.29. The van der Waals surface area contributed by atoms with Crippen molar-refractivity contribution >= 4 is 35.2 Å². The lowest BCUT2D eigenvalue weighted by atomic mass is 10.2. The molecule has 0 bridgehead atoms. The van der Waals surface area contributed by atoms with Gasteiger partial charge < -0.3 is 9.84 Å². The van der Waals surface area contributed by atoms with E-state index in [2.05, 4.69) is 0 Å². The molecule has 0 aliphatic rings. The first kappa shape index (κ1) is 15.4. The molecule has 0 unspecified atom stereocenters. The largest absolute Gasteiger partial charge is 0.478 e. The zero-order chi connectivity index (χ0) is 15.4. The van der Waals surface area contributed by atoms with E-state index in [4.69, 9.17) is 33.0 Å². The van der Waals surface area contributed by atoms with Crippen LogP contribution < -0.4 is 4.74 Å². The zero-order valence-corrected chi connectivity index (χ0v) is 12.7. The molecule has 108 valence electrons. The molecule has 0 spiro atoms. The van der Waals surface area contributed by atoms with Crippen molar-refractivity contribution in [2.75, 3.05) is 0 Å². The maximum Gasteiger partial charge on any atom is 0.328 e. The molecule has 2 aromatic rings. The summed E-state index contributed by atoms with van der Waals surface area (Å²) in [6.45, 7) is 1.94. The van der Waals surface area contributed by atoms with Gasteiger partial charge in [-0.3, -0.25) is 0 Å². The van der Waals surface area contributed by atoms with Crippen molar-refractivity contribution in [2.45, 2.75) is 6.92 Å². The predicted octanol–water partition coefficient (Wildman–Crippen LogP) is 5.19. The van der Waals surface area contributed by atoms with Gasteiger partial charge in [0.1, 0.15) is 11.5 Å². The van der Waals surface area contributed by atoms with Crippen molar-refractivity contribution in [3.8, 4) is 11.5 Å². The molecule has 0 amide bonds. The highest BCUT2D eigenvalue weighted by Crippen LogP contribution is 2.34. The number of carbonyl (C=O) groups is 1. The lowest BCUT2D eigenvalue weighted by Gasteiger charge is -2.10. The van der Waals surface area contributed by atoms with Crippen LogP contribution in [0.15, 0.2) is 42.5 Å². The Morgan fingerprint density at radius 3 is 2.52 bits per heavy atom. The van der Waals surface area contributed by atoms with Gasteiger partial charge in [-0.05, 0) is 48.4 Å². The average Bonchev–Trinajstić information content (AvgIpc) is 2.43. The Morgan fingerprint density at radius 1 is 1.10 bits per heavy atom. The second kappa shape index (κ2) is 6.66. The average molecular weight is 323 g/mol. The van der Waals surface area contributed by atoms with E-state index in [1.165, 1.54) is 6.08 Å². The van der Waals surface area contributed by atoms with Crippen LogP contribution in [0.5, 0.6) is 11.5 Å². The molecule has 0 aromatic heterocycles. The number of benzene rings is 2. The maximum atomic E-state index is 10.5. The van der Waals surface area contributed by atoms with Crippen molar-refractivity contribution in [1.82, 2.24) is 0 Å². The molecule has 2 aromatic carbocycles. The number of carboxylic acids is 1. The Morgan fingerprint density at radius 2 is 1.86 bits per heavy atom. The second-order valence-electron chi connectivity index (χ2n) is 4.40. The van der Waals surface area contributed by atoms with Gasteiger partial charge in [-0.1, -0.05) is 35.3 Å². The van der Waals surface area contributed by atoms with Gasteiger partial charge >= 0.3 is 5.97 Å². The Balaban J connectivity index is 2.25. The van der Waals surface area contributed by atoms with E-state index in [9.17, 15) is 4.79 Å². The number of aryl methyl sites for hydroxylation is 1. The molecule has 0 saturated carbocycles. The Kier molecular flexibility index (Phi) is 4.89. The lowest BCUT2D eigenvalue weighted by molar-refractivity contribution is -0.131. The second-order valence-corrected chi connectivity index (χ2v) is 5.21. The summed E-state index contributed by atoms with van der Waals surface area (Å²) < 4.78 is 5.70. The minimum atomic E-state index is -1.02. The van der Waals surface area contributed by atoms with Crippen molar-refractivity contribution in [3.63, 3.8) is 0 Å². The molecule has 0 aliphatic heterocycles. The molecule has 0 aliphatic carbocycles. The first-order valence-corrected chi connectivity index (χ1v) is 6.86. The van der Waals surface area contributed by atoms with Gasteiger partial charge in [-0.2, -0.15) is 0 Å². The number of halogens is 2. The number of hydrogen-bond acceptors (Lipinski definition) is 2. The first-order valence-electron chi connectivity index (χ1n) is 6.10. The van der Waals surface area contributed by atoms with Crippen LogP contribution in [0.3, 0.4) is 0 Å². The smallest absolute Gasteiger partial charge is 0.328 e. The summed E-state index contributed by atoms with van der Waals surface area (Å²) in [7, 11) is 0. The fourth-order valence-corrected chi connectivity index (χ4v) is 2.06. The van der Waals surface area contributed by atoms with Crippen LogP contribution in [0, 0.1) is 6.92 Å². The number of aliphatic carboxylic acids is 1. The summed E-state index contributed by atoms with van der Waals surface area (Å²) in [6, 6.07) is 10.5. The van der Waals surface area contributed by atoms with E-state index in [1.54, 1.807) is 24.3 Å². The molecule has 0 fully saturated rings. The van der Waals surface area contributed by atoms with Gasteiger partial charge in [-0.15, -0.1) is 0 Å². The van der Waals surface area contributed by atoms with Crippen LogP contribution >= 0.6 is 23.2 Å². The van der Waals surface area contributed by atoms with E-state index in [1.807, 2.05) is 19.1 Å². The van der Waals surface area contributed by atoms with Gasteiger partial charge in [0.2, 0.25) is 0 Å². The number of carboxylic acid groups (broad SMARTS) is 1. The maximum absolute atomic E-state index is 10.5. The molecule has 0 saturated heterocycles. The van der Waals surface area contributed by atoms with Crippen molar-refractivity contribution in [1.29, 1.82) is 0 Å².